The highest BCUT2D eigenvalue weighted by molar-refractivity contribution is 6.04. The third-order valence-electron chi connectivity index (χ3n) is 7.25. The van der Waals surface area contributed by atoms with E-state index in [1.807, 2.05) is 48.5 Å². The fourth-order valence-corrected chi connectivity index (χ4v) is 5.17. The largest absolute Gasteiger partial charge is 0.447 e. The molecule has 0 bridgehead atoms. The summed E-state index contributed by atoms with van der Waals surface area (Å²) in [6.45, 7) is -0.270. The number of rotatable bonds is 9. The lowest BCUT2D eigenvalue weighted by Gasteiger charge is -2.51. The number of hydrogen-bond acceptors (Lipinski definition) is 5. The number of halogens is 3. The van der Waals surface area contributed by atoms with Crippen molar-refractivity contribution >= 4 is 30.3 Å². The highest BCUT2D eigenvalue weighted by Crippen LogP contribution is 2.38. The lowest BCUT2D eigenvalue weighted by atomic mass is 9.88. The van der Waals surface area contributed by atoms with Gasteiger partial charge < -0.3 is 19.7 Å². The number of β-lactam (4-membered cyclic amide) rings is 1. The molecule has 0 aromatic heterocycles. The Hall–Kier alpha value is -4.93. The minimum atomic E-state index is -4.56. The van der Waals surface area contributed by atoms with E-state index in [2.05, 4.69) is 5.32 Å². The van der Waals surface area contributed by atoms with Gasteiger partial charge in [-0.1, -0.05) is 84.9 Å². The highest BCUT2D eigenvalue weighted by atomic mass is 19.4. The zero-order valence-corrected chi connectivity index (χ0v) is 22.1. The molecule has 5 rings (SSSR count). The molecule has 3 aromatic carbocycles. The smallest absolute Gasteiger partial charge is 0.416 e. The normalized spacial score (nSPS) is 21.2. The molecule has 3 amide bonds. The van der Waals surface area contributed by atoms with Crippen LogP contribution in [0.1, 0.15) is 28.3 Å². The van der Waals surface area contributed by atoms with Crippen LogP contribution in [0.15, 0.2) is 91.0 Å². The van der Waals surface area contributed by atoms with E-state index in [1.54, 1.807) is 24.3 Å². The molecule has 2 saturated heterocycles. The fraction of sp³-hybridized carbons (Fsp3) is 0.226. The van der Waals surface area contributed by atoms with Crippen LogP contribution in [0.4, 0.5) is 18.0 Å². The first-order valence-corrected chi connectivity index (χ1v) is 13.1. The molecule has 2 heterocycles. The van der Waals surface area contributed by atoms with Gasteiger partial charge in [-0.05, 0) is 28.8 Å². The van der Waals surface area contributed by atoms with E-state index >= 15 is 0 Å². The van der Waals surface area contributed by atoms with Crippen molar-refractivity contribution in [2.45, 2.75) is 36.9 Å². The maximum atomic E-state index is 13.6. The van der Waals surface area contributed by atoms with E-state index in [4.69, 9.17) is 4.74 Å². The van der Waals surface area contributed by atoms with Gasteiger partial charge in [0.25, 0.3) is 5.91 Å². The Kier molecular flexibility index (Phi) is 8.10. The molecule has 0 saturated carbocycles. The Labute approximate surface area is 239 Å². The van der Waals surface area contributed by atoms with Crippen LogP contribution in [0, 0.1) is 0 Å². The molecule has 2 aliphatic rings. The molecule has 1 N–H and O–H groups in total. The second-order valence-corrected chi connectivity index (χ2v) is 9.86. The summed E-state index contributed by atoms with van der Waals surface area (Å²) < 4.78 is 44.6. The summed E-state index contributed by atoms with van der Waals surface area (Å²) in [6, 6.07) is 18.5. The lowest BCUT2D eigenvalue weighted by molar-refractivity contribution is -0.163. The summed E-state index contributed by atoms with van der Waals surface area (Å²) in [5, 5.41) is 2.46. The quantitative estimate of drug-likeness (QED) is 0.232. The van der Waals surface area contributed by atoms with Crippen LogP contribution in [-0.2, 0) is 31.8 Å². The number of alkyl halides is 3. The van der Waals surface area contributed by atoms with Gasteiger partial charge in [0, 0.05) is 6.54 Å². The van der Waals surface area contributed by atoms with Gasteiger partial charge >= 0.3 is 12.3 Å². The molecule has 4 atom stereocenters. The standard InChI is InChI=1S/C31H26F3N3O5/c32-31(33,34)23-13-7-10-21(16-23)17-35-28(39)25(18-38)36-24(15-14-20-8-3-1-4-9-20)27(29(36)40)37-26(19-42-30(37)41)22-11-5-2-6-12-22/h1-16,18,24-27H,17,19H2,(H,35,39)/b15-14+/t24-,25?,26-,27+/m1/s1. The second kappa shape index (κ2) is 11.9. The van der Waals surface area contributed by atoms with Crippen LogP contribution < -0.4 is 5.32 Å². The van der Waals surface area contributed by atoms with Crippen molar-refractivity contribution in [3.8, 4) is 0 Å². The Morgan fingerprint density at radius 2 is 1.69 bits per heavy atom. The molecule has 2 fully saturated rings. The van der Waals surface area contributed by atoms with E-state index in [0.717, 1.165) is 28.2 Å². The first kappa shape index (κ1) is 28.6. The summed E-state index contributed by atoms with van der Waals surface area (Å²) in [4.78, 5) is 54.2. The summed E-state index contributed by atoms with van der Waals surface area (Å²) in [6.07, 6.45) is -1.59. The Morgan fingerprint density at radius 1 is 1.00 bits per heavy atom. The number of carbonyl (C=O) groups is 4. The van der Waals surface area contributed by atoms with Crippen molar-refractivity contribution in [3.63, 3.8) is 0 Å². The molecule has 11 heteroatoms. The number of carbonyl (C=O) groups excluding carboxylic acids is 4. The third kappa shape index (κ3) is 5.76. The molecule has 0 aliphatic carbocycles. The molecule has 42 heavy (non-hydrogen) atoms. The Morgan fingerprint density at radius 3 is 2.36 bits per heavy atom. The van der Waals surface area contributed by atoms with E-state index < -0.39 is 53.8 Å². The van der Waals surface area contributed by atoms with Crippen molar-refractivity contribution in [1.82, 2.24) is 15.1 Å². The molecular formula is C31H26F3N3O5. The first-order chi connectivity index (χ1) is 20.2. The molecular weight excluding hydrogens is 551 g/mol. The predicted molar refractivity (Wildman–Crippen MR) is 145 cm³/mol. The molecule has 216 valence electrons. The number of likely N-dealkylation sites (tertiary alicyclic amines) is 1. The minimum absolute atomic E-state index is 0.0241. The number of benzene rings is 3. The SMILES string of the molecule is O=CC(C(=O)NCc1cccc(C(F)(F)F)c1)N1C(=O)[C@@H](N2C(=O)OC[C@@H]2c2ccccc2)[C@H]1/C=C/c1ccccc1. The number of aldehydes is 1. The van der Waals surface area contributed by atoms with Gasteiger partial charge in [0.2, 0.25) is 5.91 Å². The summed E-state index contributed by atoms with van der Waals surface area (Å²) in [5.74, 6) is -1.50. The summed E-state index contributed by atoms with van der Waals surface area (Å²) in [5.41, 5.74) is 0.835. The van der Waals surface area contributed by atoms with Crippen LogP contribution in [0.2, 0.25) is 0 Å². The number of ether oxygens (including phenoxy) is 1. The van der Waals surface area contributed by atoms with Crippen LogP contribution in [-0.4, -0.2) is 58.7 Å². The zero-order chi connectivity index (χ0) is 29.9. The van der Waals surface area contributed by atoms with Crippen molar-refractivity contribution in [3.05, 3.63) is 113 Å². The number of cyclic esters (lactones) is 1. The average Bonchev–Trinajstić information content (AvgIpc) is 3.37. The van der Waals surface area contributed by atoms with Gasteiger partial charge in [-0.3, -0.25) is 14.5 Å². The molecule has 0 radical (unpaired) electrons. The number of amides is 3. The zero-order valence-electron chi connectivity index (χ0n) is 22.1. The average molecular weight is 578 g/mol. The van der Waals surface area contributed by atoms with E-state index in [1.165, 1.54) is 17.0 Å². The van der Waals surface area contributed by atoms with Crippen LogP contribution >= 0.6 is 0 Å². The van der Waals surface area contributed by atoms with Crippen molar-refractivity contribution < 1.29 is 37.1 Å². The van der Waals surface area contributed by atoms with Gasteiger partial charge in [0.15, 0.2) is 12.3 Å². The molecule has 1 unspecified atom stereocenters. The molecule has 8 nitrogen and oxygen atoms in total. The van der Waals surface area contributed by atoms with Gasteiger partial charge in [0.05, 0.1) is 17.6 Å². The fourth-order valence-electron chi connectivity index (χ4n) is 5.17. The number of hydrogen-bond donors (Lipinski definition) is 1. The summed E-state index contributed by atoms with van der Waals surface area (Å²) in [7, 11) is 0. The highest BCUT2D eigenvalue weighted by Gasteiger charge is 2.58. The van der Waals surface area contributed by atoms with Crippen molar-refractivity contribution in [2.24, 2.45) is 0 Å². The first-order valence-electron chi connectivity index (χ1n) is 13.1. The molecule has 3 aromatic rings. The van der Waals surface area contributed by atoms with Gasteiger partial charge in [-0.25, -0.2) is 4.79 Å². The van der Waals surface area contributed by atoms with E-state index in [9.17, 15) is 32.3 Å². The van der Waals surface area contributed by atoms with Gasteiger partial charge in [0.1, 0.15) is 12.6 Å². The van der Waals surface area contributed by atoms with Crippen molar-refractivity contribution in [2.75, 3.05) is 6.61 Å². The van der Waals surface area contributed by atoms with Crippen LogP contribution in [0.3, 0.4) is 0 Å². The predicted octanol–water partition coefficient (Wildman–Crippen LogP) is 4.38. The topological polar surface area (TPSA) is 96.0 Å². The number of nitrogens with zero attached hydrogens (tertiary/aromatic N) is 2. The monoisotopic (exact) mass is 577 g/mol. The molecule has 0 spiro atoms. The lowest BCUT2D eigenvalue weighted by Crippen LogP contribution is -2.74. The maximum absolute atomic E-state index is 13.6. The Balaban J connectivity index is 1.40. The third-order valence-corrected chi connectivity index (χ3v) is 7.25. The van der Waals surface area contributed by atoms with E-state index in [0.29, 0.717) is 6.29 Å². The summed E-state index contributed by atoms with van der Waals surface area (Å²) >= 11 is 0. The maximum Gasteiger partial charge on any atom is 0.416 e. The minimum Gasteiger partial charge on any atom is -0.447 e. The van der Waals surface area contributed by atoms with Crippen LogP contribution in [0.5, 0.6) is 0 Å². The van der Waals surface area contributed by atoms with Crippen molar-refractivity contribution in [1.29, 1.82) is 0 Å². The van der Waals surface area contributed by atoms with Gasteiger partial charge in [-0.2, -0.15) is 13.2 Å². The van der Waals surface area contributed by atoms with E-state index in [-0.39, 0.29) is 18.7 Å². The van der Waals surface area contributed by atoms with Gasteiger partial charge in [-0.15, -0.1) is 0 Å². The second-order valence-electron chi connectivity index (χ2n) is 9.86. The number of nitrogens with one attached hydrogen (secondary N) is 1. The van der Waals surface area contributed by atoms with Crippen LogP contribution in [0.25, 0.3) is 6.08 Å². The Bertz CT molecular complexity index is 1500. The molecule has 2 aliphatic heterocycles.